The van der Waals surface area contributed by atoms with E-state index >= 15 is 0 Å². The summed E-state index contributed by atoms with van der Waals surface area (Å²) >= 11 is 0. The molecule has 2 rings (SSSR count). The maximum atomic E-state index is 13.2. The molecule has 1 amide bonds. The van der Waals surface area contributed by atoms with Gasteiger partial charge in [0.1, 0.15) is 28.4 Å². The summed E-state index contributed by atoms with van der Waals surface area (Å²) in [6, 6.07) is 7.66. The molecule has 1 unspecified atom stereocenters. The molecule has 1 aromatic carbocycles. The van der Waals surface area contributed by atoms with Gasteiger partial charge in [-0.1, -0.05) is 30.3 Å². The maximum Gasteiger partial charge on any atom is 0.444 e. The number of hydroxylamine groups is 2. The molecule has 1 atom stereocenters. The highest BCUT2D eigenvalue weighted by Gasteiger charge is 2.49. The number of carbonyl (C=O) groups is 3. The highest BCUT2D eigenvalue weighted by molar-refractivity contribution is 6.01. The Balaban J connectivity index is 2.64. The predicted molar refractivity (Wildman–Crippen MR) is 117 cm³/mol. The lowest BCUT2D eigenvalue weighted by molar-refractivity contribution is -0.165. The Bertz CT molecular complexity index is 899. The van der Waals surface area contributed by atoms with Crippen molar-refractivity contribution in [3.8, 4) is 0 Å². The molecule has 0 saturated carbocycles. The minimum Gasteiger partial charge on any atom is -0.456 e. The third kappa shape index (κ3) is 6.73. The average molecular weight is 448 g/mol. The molecule has 0 aliphatic carbocycles. The van der Waals surface area contributed by atoms with E-state index in [1.807, 2.05) is 0 Å². The zero-order valence-electron chi connectivity index (χ0n) is 20.3. The Morgan fingerprint density at radius 2 is 1.22 bits per heavy atom. The smallest absolute Gasteiger partial charge is 0.444 e. The second-order valence-corrected chi connectivity index (χ2v) is 10.5. The van der Waals surface area contributed by atoms with Crippen LogP contribution in [0.25, 0.3) is 0 Å². The van der Waals surface area contributed by atoms with Gasteiger partial charge in [0.15, 0.2) is 0 Å². The van der Waals surface area contributed by atoms with Crippen LogP contribution in [0.1, 0.15) is 73.9 Å². The SMILES string of the molecule is CC(C)(C)OC(=O)C1=C(C(=O)OC(C)(C)C)C(c2ccccc2)N(C(=O)OC(C)(C)C)O1. The number of carbonyl (C=O) groups excluding carboxylic acids is 3. The van der Waals surface area contributed by atoms with Gasteiger partial charge < -0.3 is 19.0 Å². The van der Waals surface area contributed by atoms with E-state index in [2.05, 4.69) is 0 Å². The minimum absolute atomic E-state index is 0.133. The fraction of sp³-hybridized carbons (Fsp3) is 0.542. The zero-order valence-corrected chi connectivity index (χ0v) is 20.3. The average Bonchev–Trinajstić information content (AvgIpc) is 2.99. The van der Waals surface area contributed by atoms with Crippen LogP contribution >= 0.6 is 0 Å². The Morgan fingerprint density at radius 1 is 0.750 bits per heavy atom. The van der Waals surface area contributed by atoms with Gasteiger partial charge in [-0.05, 0) is 67.9 Å². The summed E-state index contributed by atoms with van der Waals surface area (Å²) in [6.07, 6.45) is -0.856. The van der Waals surface area contributed by atoms with Gasteiger partial charge in [0.2, 0.25) is 0 Å². The van der Waals surface area contributed by atoms with Crippen molar-refractivity contribution in [2.75, 3.05) is 0 Å². The van der Waals surface area contributed by atoms with Crippen molar-refractivity contribution in [1.29, 1.82) is 0 Å². The first-order valence-corrected chi connectivity index (χ1v) is 10.4. The van der Waals surface area contributed by atoms with E-state index in [1.54, 1.807) is 92.6 Å². The summed E-state index contributed by atoms with van der Waals surface area (Å²) < 4.78 is 16.4. The van der Waals surface area contributed by atoms with E-state index in [4.69, 9.17) is 19.0 Å². The van der Waals surface area contributed by atoms with Crippen molar-refractivity contribution in [3.05, 3.63) is 47.2 Å². The molecule has 0 aromatic heterocycles. The van der Waals surface area contributed by atoms with Crippen LogP contribution in [0.15, 0.2) is 41.7 Å². The monoisotopic (exact) mass is 447 g/mol. The first-order valence-electron chi connectivity index (χ1n) is 10.4. The molecule has 0 spiro atoms. The first kappa shape index (κ1) is 25.2. The summed E-state index contributed by atoms with van der Waals surface area (Å²) in [5, 5.41) is 0.874. The van der Waals surface area contributed by atoms with Gasteiger partial charge in [-0.2, -0.15) is 0 Å². The number of rotatable bonds is 3. The van der Waals surface area contributed by atoms with Crippen molar-refractivity contribution in [1.82, 2.24) is 5.06 Å². The van der Waals surface area contributed by atoms with Gasteiger partial charge in [0, 0.05) is 0 Å². The van der Waals surface area contributed by atoms with E-state index in [1.165, 1.54) is 0 Å². The summed E-state index contributed by atoms with van der Waals surface area (Å²) in [7, 11) is 0. The molecule has 0 radical (unpaired) electrons. The summed E-state index contributed by atoms with van der Waals surface area (Å²) in [6.45, 7) is 15.3. The molecular formula is C24H33NO7. The van der Waals surface area contributed by atoms with Crippen molar-refractivity contribution in [3.63, 3.8) is 0 Å². The molecule has 0 bridgehead atoms. The lowest BCUT2D eigenvalue weighted by atomic mass is 9.97. The van der Waals surface area contributed by atoms with Crippen LogP contribution < -0.4 is 0 Å². The van der Waals surface area contributed by atoms with Gasteiger partial charge in [-0.25, -0.2) is 14.4 Å². The topological polar surface area (TPSA) is 91.4 Å². The van der Waals surface area contributed by atoms with E-state index in [-0.39, 0.29) is 5.57 Å². The van der Waals surface area contributed by atoms with Crippen LogP contribution in [0.4, 0.5) is 4.79 Å². The van der Waals surface area contributed by atoms with Gasteiger partial charge in [-0.15, -0.1) is 5.06 Å². The predicted octanol–water partition coefficient (Wildman–Crippen LogP) is 4.85. The molecule has 32 heavy (non-hydrogen) atoms. The molecule has 0 fully saturated rings. The summed E-state index contributed by atoms with van der Waals surface area (Å²) in [4.78, 5) is 44.9. The Hall–Kier alpha value is -3.03. The molecule has 1 aliphatic rings. The van der Waals surface area contributed by atoms with E-state index in [9.17, 15) is 14.4 Å². The molecule has 1 aromatic rings. The van der Waals surface area contributed by atoms with Crippen LogP contribution in [0.3, 0.4) is 0 Å². The number of hydrogen-bond acceptors (Lipinski definition) is 7. The number of esters is 2. The molecular weight excluding hydrogens is 414 g/mol. The summed E-state index contributed by atoms with van der Waals surface area (Å²) in [5.41, 5.74) is -2.12. The van der Waals surface area contributed by atoms with Crippen molar-refractivity contribution >= 4 is 18.0 Å². The normalized spacial score (nSPS) is 17.0. The number of amides is 1. The lowest BCUT2D eigenvalue weighted by Gasteiger charge is -2.28. The quantitative estimate of drug-likeness (QED) is 0.483. The van der Waals surface area contributed by atoms with E-state index in [0.717, 1.165) is 5.06 Å². The van der Waals surface area contributed by atoms with Gasteiger partial charge in [0.25, 0.3) is 5.76 Å². The molecule has 0 N–H and O–H groups in total. The van der Waals surface area contributed by atoms with E-state index in [0.29, 0.717) is 5.56 Å². The summed E-state index contributed by atoms with van der Waals surface area (Å²) in [5.74, 6) is -2.09. The Kier molecular flexibility index (Phi) is 6.97. The van der Waals surface area contributed by atoms with Gasteiger partial charge in [-0.3, -0.25) is 0 Å². The second-order valence-electron chi connectivity index (χ2n) is 10.5. The molecule has 0 saturated heterocycles. The number of benzene rings is 1. The molecule has 176 valence electrons. The van der Waals surface area contributed by atoms with Crippen LogP contribution in [-0.2, 0) is 28.6 Å². The number of ether oxygens (including phenoxy) is 3. The van der Waals surface area contributed by atoms with Crippen molar-refractivity contribution in [2.45, 2.75) is 85.2 Å². The third-order valence-electron chi connectivity index (χ3n) is 3.83. The maximum absolute atomic E-state index is 13.2. The van der Waals surface area contributed by atoms with Gasteiger partial charge in [0.05, 0.1) is 0 Å². The Labute approximate surface area is 189 Å². The highest BCUT2D eigenvalue weighted by Crippen LogP contribution is 2.41. The molecule has 8 heteroatoms. The molecule has 1 aliphatic heterocycles. The molecule has 8 nitrogen and oxygen atoms in total. The lowest BCUT2D eigenvalue weighted by Crippen LogP contribution is -2.38. The highest BCUT2D eigenvalue weighted by atomic mass is 16.8. The number of nitrogens with zero attached hydrogens (tertiary/aromatic N) is 1. The van der Waals surface area contributed by atoms with Crippen molar-refractivity contribution < 1.29 is 33.4 Å². The largest absolute Gasteiger partial charge is 0.456 e. The van der Waals surface area contributed by atoms with Crippen LogP contribution in [0, 0.1) is 0 Å². The zero-order chi connectivity index (χ0) is 24.5. The second kappa shape index (κ2) is 8.84. The van der Waals surface area contributed by atoms with Gasteiger partial charge >= 0.3 is 18.0 Å². The fourth-order valence-electron chi connectivity index (χ4n) is 2.84. The Morgan fingerprint density at radius 3 is 1.69 bits per heavy atom. The minimum atomic E-state index is -1.07. The fourth-order valence-corrected chi connectivity index (χ4v) is 2.84. The standard InChI is InChI=1S/C24H33NO7/c1-22(2,3)29-19(26)16-17(15-13-11-10-12-14-15)25(21(28)31-24(7,8)9)32-18(16)20(27)30-23(4,5)6/h10-14,17H,1-9H3. The first-order chi connectivity index (χ1) is 14.5. The van der Waals surface area contributed by atoms with Crippen LogP contribution in [-0.4, -0.2) is 39.9 Å². The van der Waals surface area contributed by atoms with Crippen LogP contribution in [0.5, 0.6) is 0 Å². The number of hydrogen-bond donors (Lipinski definition) is 0. The third-order valence-corrected chi connectivity index (χ3v) is 3.83. The van der Waals surface area contributed by atoms with Crippen LogP contribution in [0.2, 0.25) is 0 Å². The van der Waals surface area contributed by atoms with Crippen molar-refractivity contribution in [2.24, 2.45) is 0 Å². The van der Waals surface area contributed by atoms with E-state index < -0.39 is 46.6 Å². The molecule has 1 heterocycles.